The highest BCUT2D eigenvalue weighted by Crippen LogP contribution is 2.34. The van der Waals surface area contributed by atoms with Crippen molar-refractivity contribution >= 4 is 17.8 Å². The van der Waals surface area contributed by atoms with Gasteiger partial charge < -0.3 is 35.3 Å². The van der Waals surface area contributed by atoms with E-state index in [-0.39, 0.29) is 0 Å². The fraction of sp³-hybridized carbons (Fsp3) is 0.409. The molecule has 0 bridgehead atoms. The lowest BCUT2D eigenvalue weighted by Gasteiger charge is -2.40. The maximum atomic E-state index is 10.4. The van der Waals surface area contributed by atoms with Crippen LogP contribution in [0, 0.1) is 5.41 Å². The van der Waals surface area contributed by atoms with Gasteiger partial charge >= 0.3 is 0 Å². The highest BCUT2D eigenvalue weighted by Gasteiger charge is 2.43. The zero-order valence-corrected chi connectivity index (χ0v) is 17.1. The van der Waals surface area contributed by atoms with Gasteiger partial charge in [-0.15, -0.1) is 0 Å². The Hall–Kier alpha value is -2.00. The summed E-state index contributed by atoms with van der Waals surface area (Å²) in [4.78, 5) is 0. The first kappa shape index (κ1) is 22.7. The smallest absolute Gasteiger partial charge is 0.119 e. The van der Waals surface area contributed by atoms with Gasteiger partial charge in [0.25, 0.3) is 0 Å². The zero-order chi connectivity index (χ0) is 21.7. The minimum Gasteiger partial charge on any atom is -0.493 e. The van der Waals surface area contributed by atoms with Crippen molar-refractivity contribution in [2.24, 2.45) is 0 Å². The molecule has 5 atom stereocenters. The quantitative estimate of drug-likeness (QED) is 0.318. The van der Waals surface area contributed by atoms with Crippen LogP contribution in [0.1, 0.15) is 29.2 Å². The van der Waals surface area contributed by atoms with E-state index >= 15 is 0 Å². The molecule has 1 fully saturated rings. The molecule has 2 aromatic rings. The molecule has 1 aliphatic heterocycles. The van der Waals surface area contributed by atoms with Gasteiger partial charge in [-0.2, -0.15) is 0 Å². The second kappa shape index (κ2) is 10.3. The lowest BCUT2D eigenvalue weighted by Crippen LogP contribution is -2.55. The van der Waals surface area contributed by atoms with Crippen molar-refractivity contribution in [3.8, 4) is 5.75 Å². The van der Waals surface area contributed by atoms with Crippen LogP contribution in [-0.2, 0) is 11.2 Å². The van der Waals surface area contributed by atoms with Crippen molar-refractivity contribution in [3.63, 3.8) is 0 Å². The molecule has 162 valence electrons. The minimum absolute atomic E-state index is 0.454. The number of aliphatic hydroxyl groups excluding tert-OH is 4. The molecule has 1 saturated heterocycles. The second-order valence-electron chi connectivity index (χ2n) is 7.26. The molecule has 1 heterocycles. The molecular formula is C22H26ClNO6. The van der Waals surface area contributed by atoms with Gasteiger partial charge in [0.1, 0.15) is 36.3 Å². The fourth-order valence-electron chi connectivity index (χ4n) is 3.44. The number of hydrogen-bond acceptors (Lipinski definition) is 7. The van der Waals surface area contributed by atoms with Crippen molar-refractivity contribution in [2.75, 3.05) is 13.2 Å². The van der Waals surface area contributed by atoms with Crippen LogP contribution in [0.25, 0.3) is 0 Å². The normalized spacial score (nSPS) is 26.4. The Kier molecular flexibility index (Phi) is 7.82. The Balaban J connectivity index is 1.76. The van der Waals surface area contributed by atoms with E-state index in [0.717, 1.165) is 16.9 Å². The van der Waals surface area contributed by atoms with Crippen molar-refractivity contribution in [2.45, 2.75) is 43.4 Å². The predicted molar refractivity (Wildman–Crippen MR) is 112 cm³/mol. The lowest BCUT2D eigenvalue weighted by atomic mass is 9.90. The molecule has 5 N–H and O–H groups in total. The van der Waals surface area contributed by atoms with E-state index in [1.54, 1.807) is 18.2 Å². The van der Waals surface area contributed by atoms with E-state index in [9.17, 15) is 20.4 Å². The van der Waals surface area contributed by atoms with Gasteiger partial charge in [0.05, 0.1) is 13.2 Å². The summed E-state index contributed by atoms with van der Waals surface area (Å²) in [5, 5.41) is 47.3. The standard InChI is InChI=1S/C22H26ClNO6/c23-17-7-4-14(22-21(28)20(27)19(26)18(12-25)30-22)11-15(17)10-13-2-5-16(6-3-13)29-9-1-8-24/h2-8,11,18-22,24-28H,1,9-10,12H2. The summed E-state index contributed by atoms with van der Waals surface area (Å²) in [5.41, 5.74) is 2.41. The molecular weight excluding hydrogens is 410 g/mol. The first-order chi connectivity index (χ1) is 14.4. The number of ether oxygens (including phenoxy) is 2. The Bertz CT molecular complexity index is 844. The average molecular weight is 436 g/mol. The molecule has 3 rings (SSSR count). The van der Waals surface area contributed by atoms with Gasteiger partial charge in [-0.25, -0.2) is 0 Å². The summed E-state index contributed by atoms with van der Waals surface area (Å²) in [5.74, 6) is 0.724. The molecule has 8 heteroatoms. The van der Waals surface area contributed by atoms with Crippen LogP contribution in [0.2, 0.25) is 5.02 Å². The first-order valence-electron chi connectivity index (χ1n) is 9.74. The van der Waals surface area contributed by atoms with E-state index in [1.165, 1.54) is 6.21 Å². The first-order valence-corrected chi connectivity index (χ1v) is 10.1. The van der Waals surface area contributed by atoms with E-state index in [4.69, 9.17) is 26.5 Å². The van der Waals surface area contributed by atoms with Crippen LogP contribution in [0.3, 0.4) is 0 Å². The molecule has 0 aliphatic carbocycles. The molecule has 0 aromatic heterocycles. The molecule has 2 aromatic carbocycles. The third-order valence-corrected chi connectivity index (χ3v) is 5.51. The minimum atomic E-state index is -1.43. The summed E-state index contributed by atoms with van der Waals surface area (Å²) in [6.07, 6.45) is -3.64. The topological polar surface area (TPSA) is 123 Å². The Morgan fingerprint density at radius 3 is 2.43 bits per heavy atom. The number of rotatable bonds is 8. The zero-order valence-electron chi connectivity index (χ0n) is 16.3. The van der Waals surface area contributed by atoms with Crippen molar-refractivity contribution in [3.05, 3.63) is 64.2 Å². The van der Waals surface area contributed by atoms with E-state index < -0.39 is 37.1 Å². The van der Waals surface area contributed by atoms with Gasteiger partial charge in [-0.05, 0) is 47.5 Å². The Morgan fingerprint density at radius 2 is 1.77 bits per heavy atom. The summed E-state index contributed by atoms with van der Waals surface area (Å²) in [6, 6.07) is 12.8. The van der Waals surface area contributed by atoms with E-state index in [1.807, 2.05) is 24.3 Å². The molecule has 0 spiro atoms. The number of aliphatic hydroxyl groups is 4. The third-order valence-electron chi connectivity index (χ3n) is 5.14. The highest BCUT2D eigenvalue weighted by molar-refractivity contribution is 6.31. The van der Waals surface area contributed by atoms with Gasteiger partial charge in [0.15, 0.2) is 0 Å². The third kappa shape index (κ3) is 5.18. The monoisotopic (exact) mass is 435 g/mol. The summed E-state index contributed by atoms with van der Waals surface area (Å²) >= 11 is 6.37. The van der Waals surface area contributed by atoms with Crippen LogP contribution in [-0.4, -0.2) is 64.3 Å². The molecule has 7 nitrogen and oxygen atoms in total. The highest BCUT2D eigenvalue weighted by atomic mass is 35.5. The number of halogens is 1. The van der Waals surface area contributed by atoms with Crippen molar-refractivity contribution in [1.29, 1.82) is 5.41 Å². The Morgan fingerprint density at radius 1 is 1.03 bits per heavy atom. The summed E-state index contributed by atoms with van der Waals surface area (Å²) < 4.78 is 11.2. The average Bonchev–Trinajstić information content (AvgIpc) is 2.75. The number of benzene rings is 2. The van der Waals surface area contributed by atoms with Crippen LogP contribution in [0.4, 0.5) is 0 Å². The summed E-state index contributed by atoms with van der Waals surface area (Å²) in [6.45, 7) is -0.0219. The molecule has 0 radical (unpaired) electrons. The van der Waals surface area contributed by atoms with Crippen molar-refractivity contribution < 1.29 is 29.9 Å². The van der Waals surface area contributed by atoms with Crippen molar-refractivity contribution in [1.82, 2.24) is 0 Å². The van der Waals surface area contributed by atoms with Gasteiger partial charge in [-0.1, -0.05) is 35.9 Å². The van der Waals surface area contributed by atoms with Crippen LogP contribution < -0.4 is 4.74 Å². The molecule has 1 aliphatic rings. The number of nitrogens with one attached hydrogen (secondary N) is 1. The SMILES string of the molecule is N=CCCOc1ccc(Cc2cc(C3OC(CO)C(O)C(O)C3O)ccc2Cl)cc1. The van der Waals surface area contributed by atoms with Gasteiger partial charge in [-0.3, -0.25) is 0 Å². The van der Waals surface area contributed by atoms with Gasteiger partial charge in [0, 0.05) is 11.4 Å². The van der Waals surface area contributed by atoms with E-state index in [0.29, 0.717) is 30.0 Å². The van der Waals surface area contributed by atoms with Gasteiger partial charge in [0.2, 0.25) is 0 Å². The van der Waals surface area contributed by atoms with Crippen LogP contribution in [0.15, 0.2) is 42.5 Å². The van der Waals surface area contributed by atoms with Crippen LogP contribution >= 0.6 is 11.6 Å². The van der Waals surface area contributed by atoms with Crippen LogP contribution in [0.5, 0.6) is 5.75 Å². The maximum Gasteiger partial charge on any atom is 0.119 e. The summed E-state index contributed by atoms with van der Waals surface area (Å²) in [7, 11) is 0. The largest absolute Gasteiger partial charge is 0.493 e. The second-order valence-corrected chi connectivity index (χ2v) is 7.67. The van der Waals surface area contributed by atoms with E-state index in [2.05, 4.69) is 0 Å². The number of hydrogen-bond donors (Lipinski definition) is 5. The molecule has 0 saturated carbocycles. The maximum absolute atomic E-state index is 10.4. The molecule has 30 heavy (non-hydrogen) atoms. The predicted octanol–water partition coefficient (Wildman–Crippen LogP) is 1.86. The molecule has 0 amide bonds. The lowest BCUT2D eigenvalue weighted by molar-refractivity contribution is -0.231. The fourth-order valence-corrected chi connectivity index (χ4v) is 3.63. The molecule has 5 unspecified atom stereocenters. The Labute approximate surface area is 180 Å².